The molecule has 0 radical (unpaired) electrons. The number of anilines is 3. The Morgan fingerprint density at radius 3 is 2.30 bits per heavy atom. The Labute approximate surface area is 330 Å². The van der Waals surface area contributed by atoms with E-state index in [0.717, 1.165) is 48.8 Å². The SMILES string of the molecule is C[C@@H]1C[C@@H](O)CN1C(=O)[C@@H](NC(=O)CCCCCC(=O)N1CCN(c2ccc(Nc3ncc4cc(C(=O)N(C)C)n(C5CCCC5)c4n3)nc2)CC1)C(C)(C)C. The Kier molecular flexibility index (Phi) is 12.8. The lowest BCUT2D eigenvalue weighted by molar-refractivity contribution is -0.140. The molecule has 304 valence electrons. The molecule has 0 unspecified atom stereocenters. The third kappa shape index (κ3) is 9.59. The summed E-state index contributed by atoms with van der Waals surface area (Å²) in [5.41, 5.74) is 1.90. The van der Waals surface area contributed by atoms with Crippen molar-refractivity contribution in [3.8, 4) is 0 Å². The molecule has 3 fully saturated rings. The molecule has 0 spiro atoms. The van der Waals surface area contributed by atoms with Gasteiger partial charge in [-0.15, -0.1) is 0 Å². The van der Waals surface area contributed by atoms with E-state index in [9.17, 15) is 24.3 Å². The number of hydrogen-bond donors (Lipinski definition) is 3. The zero-order chi connectivity index (χ0) is 40.1. The van der Waals surface area contributed by atoms with E-state index in [4.69, 9.17) is 4.98 Å². The van der Waals surface area contributed by atoms with Crippen molar-refractivity contribution in [2.45, 2.75) is 116 Å². The molecule has 0 bridgehead atoms. The van der Waals surface area contributed by atoms with Gasteiger partial charge in [-0.05, 0) is 62.6 Å². The number of carbonyl (C=O) groups excluding carboxylic acids is 4. The van der Waals surface area contributed by atoms with Crippen LogP contribution in [0.1, 0.15) is 108 Å². The van der Waals surface area contributed by atoms with Crippen molar-refractivity contribution >= 4 is 52.1 Å². The number of pyridine rings is 1. The van der Waals surface area contributed by atoms with Gasteiger partial charge in [0.05, 0.1) is 18.0 Å². The van der Waals surface area contributed by atoms with Gasteiger partial charge in [-0.1, -0.05) is 40.0 Å². The third-order valence-electron chi connectivity index (χ3n) is 11.4. The smallest absolute Gasteiger partial charge is 0.270 e. The number of nitrogens with zero attached hydrogens (tertiary/aromatic N) is 8. The summed E-state index contributed by atoms with van der Waals surface area (Å²) in [4.78, 5) is 73.6. The third-order valence-corrected chi connectivity index (χ3v) is 11.4. The first-order valence-electron chi connectivity index (χ1n) is 20.3. The Morgan fingerprint density at radius 2 is 1.68 bits per heavy atom. The highest BCUT2D eigenvalue weighted by molar-refractivity contribution is 5.98. The van der Waals surface area contributed by atoms with Crippen molar-refractivity contribution < 1.29 is 24.3 Å². The summed E-state index contributed by atoms with van der Waals surface area (Å²) < 4.78 is 2.10. The van der Waals surface area contributed by atoms with Crippen LogP contribution in [0, 0.1) is 5.41 Å². The summed E-state index contributed by atoms with van der Waals surface area (Å²) in [7, 11) is 3.53. The number of aromatic nitrogens is 4. The van der Waals surface area contributed by atoms with Crippen LogP contribution in [-0.4, -0.2) is 128 Å². The van der Waals surface area contributed by atoms with E-state index in [1.54, 1.807) is 30.1 Å². The highest BCUT2D eigenvalue weighted by Gasteiger charge is 2.40. The average Bonchev–Trinajstić information content (AvgIpc) is 3.91. The molecule has 3 N–H and O–H groups in total. The van der Waals surface area contributed by atoms with Crippen molar-refractivity contribution in [1.82, 2.24) is 39.5 Å². The van der Waals surface area contributed by atoms with Gasteiger partial charge >= 0.3 is 0 Å². The van der Waals surface area contributed by atoms with E-state index in [2.05, 4.69) is 30.1 Å². The largest absolute Gasteiger partial charge is 0.391 e. The molecule has 1 aliphatic carbocycles. The van der Waals surface area contributed by atoms with Gasteiger partial charge in [-0.2, -0.15) is 4.98 Å². The van der Waals surface area contributed by atoms with Crippen molar-refractivity contribution in [3.05, 3.63) is 36.3 Å². The van der Waals surface area contributed by atoms with Gasteiger partial charge in [0.25, 0.3) is 5.91 Å². The van der Waals surface area contributed by atoms with Crippen LogP contribution >= 0.6 is 0 Å². The van der Waals surface area contributed by atoms with Gasteiger partial charge < -0.3 is 39.9 Å². The van der Waals surface area contributed by atoms with Gasteiger partial charge in [0.15, 0.2) is 0 Å². The van der Waals surface area contributed by atoms with Crippen LogP contribution < -0.4 is 15.5 Å². The molecule has 3 aromatic rings. The Bertz CT molecular complexity index is 1860. The highest BCUT2D eigenvalue weighted by atomic mass is 16.3. The zero-order valence-corrected chi connectivity index (χ0v) is 34.0. The topological polar surface area (TPSA) is 169 Å². The minimum absolute atomic E-state index is 0.0434. The first-order chi connectivity index (χ1) is 26.7. The summed E-state index contributed by atoms with van der Waals surface area (Å²) in [6, 6.07) is 5.31. The van der Waals surface area contributed by atoms with Crippen LogP contribution in [0.25, 0.3) is 11.0 Å². The second-order valence-corrected chi connectivity index (χ2v) is 17.1. The van der Waals surface area contributed by atoms with E-state index in [0.29, 0.717) is 82.3 Å². The predicted molar refractivity (Wildman–Crippen MR) is 216 cm³/mol. The van der Waals surface area contributed by atoms with E-state index in [-0.39, 0.29) is 35.7 Å². The summed E-state index contributed by atoms with van der Waals surface area (Å²) in [5.74, 6) is 0.803. The molecule has 3 aliphatic rings. The van der Waals surface area contributed by atoms with E-state index < -0.39 is 17.6 Å². The van der Waals surface area contributed by atoms with Crippen molar-refractivity contribution in [3.63, 3.8) is 0 Å². The minimum Gasteiger partial charge on any atom is -0.391 e. The van der Waals surface area contributed by atoms with Crippen LogP contribution in [0.3, 0.4) is 0 Å². The number of aliphatic hydroxyl groups is 1. The molecule has 4 amide bonds. The van der Waals surface area contributed by atoms with Crippen LogP contribution in [-0.2, 0) is 14.4 Å². The molecule has 15 nitrogen and oxygen atoms in total. The molecule has 56 heavy (non-hydrogen) atoms. The molecular weight excluding hydrogens is 713 g/mol. The second kappa shape index (κ2) is 17.6. The predicted octanol–water partition coefficient (Wildman–Crippen LogP) is 4.50. The standard InChI is InChI=1S/C41H60N10O5/c1-27-22-31(52)26-50(27)39(56)36(41(2,3)4)45-34(53)14-8-7-9-15-35(54)49-20-18-48(19-21-49)30-16-17-33(42-25-30)44-40-43-24-28-23-32(38(55)47(5)6)51(37(28)46-40)29-12-10-11-13-29/h16-17,23-25,27,29,31,36,52H,7-15,18-22,26H2,1-6H3,(H,45,53)(H,42,43,44,46)/t27-,31-,36-/m1/s1. The van der Waals surface area contributed by atoms with E-state index in [1.165, 1.54) is 0 Å². The van der Waals surface area contributed by atoms with Crippen LogP contribution in [0.4, 0.5) is 17.5 Å². The molecule has 3 aromatic heterocycles. The lowest BCUT2D eigenvalue weighted by Gasteiger charge is -2.36. The molecule has 0 aromatic carbocycles. The lowest BCUT2D eigenvalue weighted by Crippen LogP contribution is -2.55. The maximum Gasteiger partial charge on any atom is 0.270 e. The summed E-state index contributed by atoms with van der Waals surface area (Å²) >= 11 is 0. The number of β-amino-alcohol motifs (C(OH)–C–C–N with tert-alkyl or cyclic N) is 1. The van der Waals surface area contributed by atoms with E-state index >= 15 is 0 Å². The van der Waals surface area contributed by atoms with Crippen molar-refractivity contribution in [2.75, 3.05) is 57.0 Å². The number of fused-ring (bicyclic) bond motifs is 1. The summed E-state index contributed by atoms with van der Waals surface area (Å²) in [6.07, 6.45) is 10.7. The molecule has 15 heteroatoms. The number of likely N-dealkylation sites (tertiary alicyclic amines) is 1. The number of piperazine rings is 1. The van der Waals surface area contributed by atoms with Gasteiger partial charge in [-0.3, -0.25) is 19.2 Å². The molecule has 3 atom stereocenters. The fraction of sp³-hybridized carbons (Fsp3) is 0.634. The first kappa shape index (κ1) is 40.9. The molecule has 2 saturated heterocycles. The quantitative estimate of drug-likeness (QED) is 0.211. The Morgan fingerprint density at radius 1 is 0.964 bits per heavy atom. The molecule has 6 rings (SSSR count). The first-order valence-corrected chi connectivity index (χ1v) is 20.3. The summed E-state index contributed by atoms with van der Waals surface area (Å²) in [6.45, 7) is 10.7. The average molecular weight is 773 g/mol. The minimum atomic E-state index is -0.666. The number of nitrogens with one attached hydrogen (secondary N) is 2. The van der Waals surface area contributed by atoms with E-state index in [1.807, 2.05) is 57.0 Å². The van der Waals surface area contributed by atoms with Crippen LogP contribution in [0.2, 0.25) is 0 Å². The number of carbonyl (C=O) groups is 4. The normalized spacial score (nSPS) is 19.7. The number of unbranched alkanes of at least 4 members (excludes halogenated alkanes) is 2. The fourth-order valence-electron chi connectivity index (χ4n) is 8.22. The Hall–Kier alpha value is -4.79. The summed E-state index contributed by atoms with van der Waals surface area (Å²) in [5, 5.41) is 17.1. The maximum absolute atomic E-state index is 13.3. The van der Waals surface area contributed by atoms with Crippen LogP contribution in [0.5, 0.6) is 0 Å². The fourth-order valence-corrected chi connectivity index (χ4v) is 8.22. The van der Waals surface area contributed by atoms with Crippen molar-refractivity contribution in [2.24, 2.45) is 5.41 Å². The number of hydrogen-bond acceptors (Lipinski definition) is 10. The van der Waals surface area contributed by atoms with Crippen LogP contribution in [0.15, 0.2) is 30.6 Å². The zero-order valence-electron chi connectivity index (χ0n) is 34.0. The number of rotatable bonds is 13. The number of amides is 4. The molecular formula is C41H60N10O5. The second-order valence-electron chi connectivity index (χ2n) is 17.1. The van der Waals surface area contributed by atoms with Crippen molar-refractivity contribution in [1.29, 1.82) is 0 Å². The number of aliphatic hydroxyl groups excluding tert-OH is 1. The molecule has 5 heterocycles. The maximum atomic E-state index is 13.3. The Balaban J connectivity index is 0.932. The van der Waals surface area contributed by atoms with Gasteiger partial charge in [-0.25, -0.2) is 9.97 Å². The molecule has 2 aliphatic heterocycles. The van der Waals surface area contributed by atoms with Gasteiger partial charge in [0.1, 0.15) is 23.2 Å². The lowest BCUT2D eigenvalue weighted by atomic mass is 9.85. The highest BCUT2D eigenvalue weighted by Crippen LogP contribution is 2.35. The monoisotopic (exact) mass is 772 g/mol. The molecule has 1 saturated carbocycles. The van der Waals surface area contributed by atoms with Gasteiger partial charge in [0.2, 0.25) is 23.7 Å². The van der Waals surface area contributed by atoms with Gasteiger partial charge in [0, 0.05) is 83.3 Å².